The van der Waals surface area contributed by atoms with Gasteiger partial charge in [-0.1, -0.05) is 19.0 Å². The molecule has 0 saturated carbocycles. The summed E-state index contributed by atoms with van der Waals surface area (Å²) in [5.41, 5.74) is 5.82. The molecule has 0 bridgehead atoms. The molecule has 5 nitrogen and oxygen atoms in total. The van der Waals surface area contributed by atoms with E-state index in [1.54, 1.807) is 0 Å². The van der Waals surface area contributed by atoms with Gasteiger partial charge in [0, 0.05) is 22.5 Å². The normalized spacial score (nSPS) is 14.3. The Hall–Kier alpha value is -0.600. The van der Waals surface area contributed by atoms with Crippen molar-refractivity contribution >= 4 is 15.9 Å². The second-order valence-electron chi connectivity index (χ2n) is 3.55. The summed E-state index contributed by atoms with van der Waals surface area (Å²) >= 11 is 2.15. The summed E-state index contributed by atoms with van der Waals surface area (Å²) in [5, 5.41) is 3.46. The first-order valence-corrected chi connectivity index (χ1v) is 6.06. The molecule has 0 aromatic carbocycles. The Morgan fingerprint density at radius 3 is 2.47 bits per heavy atom. The van der Waals surface area contributed by atoms with E-state index in [9.17, 15) is 8.78 Å². The van der Waals surface area contributed by atoms with Gasteiger partial charge in [-0.2, -0.15) is 13.8 Å². The van der Waals surface area contributed by atoms with Crippen molar-refractivity contribution < 1.29 is 13.3 Å². The maximum atomic E-state index is 12.8. The van der Waals surface area contributed by atoms with Gasteiger partial charge in [0.25, 0.3) is 0 Å². The van der Waals surface area contributed by atoms with Gasteiger partial charge in [-0.15, -0.1) is 0 Å². The molecule has 1 aromatic rings. The van der Waals surface area contributed by atoms with Crippen LogP contribution in [0.25, 0.3) is 0 Å². The molecule has 1 atom stereocenters. The number of rotatable bonds is 6. The molecule has 1 rings (SSSR count). The van der Waals surface area contributed by atoms with Crippen molar-refractivity contribution in [3.63, 3.8) is 0 Å². The van der Waals surface area contributed by atoms with Crippen LogP contribution in [0.3, 0.4) is 0 Å². The third kappa shape index (κ3) is 3.97. The van der Waals surface area contributed by atoms with Gasteiger partial charge in [-0.3, -0.25) is 0 Å². The molecule has 0 aliphatic carbocycles. The number of hydrogen-bond donors (Lipinski definition) is 1. The van der Waals surface area contributed by atoms with Gasteiger partial charge < -0.3 is 15.2 Å². The molecule has 0 fully saturated rings. The SMILES string of the molecule is CCN(CC)CC(N)c1noc(C(F)(F)Br)n1. The van der Waals surface area contributed by atoms with Gasteiger partial charge in [0.1, 0.15) is 0 Å². The van der Waals surface area contributed by atoms with Crippen LogP contribution in [0, 0.1) is 0 Å². The fourth-order valence-electron chi connectivity index (χ4n) is 1.34. The first-order valence-electron chi connectivity index (χ1n) is 5.27. The molecule has 8 heteroatoms. The second kappa shape index (κ2) is 5.83. The summed E-state index contributed by atoms with van der Waals surface area (Å²) in [6.07, 6.45) is 0. The number of aromatic nitrogens is 2. The van der Waals surface area contributed by atoms with Crippen LogP contribution in [0.1, 0.15) is 31.6 Å². The van der Waals surface area contributed by atoms with E-state index in [4.69, 9.17) is 5.73 Å². The summed E-state index contributed by atoms with van der Waals surface area (Å²) in [7, 11) is 0. The number of hydrogen-bond acceptors (Lipinski definition) is 5. The largest absolute Gasteiger partial charge is 0.378 e. The van der Waals surface area contributed by atoms with E-state index in [1.165, 1.54) is 0 Å². The topological polar surface area (TPSA) is 68.2 Å². The highest BCUT2D eigenvalue weighted by molar-refractivity contribution is 9.09. The average molecular weight is 313 g/mol. The number of alkyl halides is 3. The van der Waals surface area contributed by atoms with Crippen molar-refractivity contribution in [1.29, 1.82) is 0 Å². The monoisotopic (exact) mass is 312 g/mol. The van der Waals surface area contributed by atoms with E-state index in [2.05, 4.69) is 30.6 Å². The van der Waals surface area contributed by atoms with Crippen LogP contribution in [-0.4, -0.2) is 34.7 Å². The lowest BCUT2D eigenvalue weighted by molar-refractivity contribution is 0.0725. The molecule has 0 aliphatic rings. The van der Waals surface area contributed by atoms with E-state index in [-0.39, 0.29) is 5.82 Å². The molecular formula is C9H15BrF2N4O. The Labute approximate surface area is 106 Å². The van der Waals surface area contributed by atoms with Gasteiger partial charge in [0.05, 0.1) is 6.04 Å². The minimum absolute atomic E-state index is 0.0889. The maximum absolute atomic E-state index is 12.8. The van der Waals surface area contributed by atoms with Gasteiger partial charge in [0.2, 0.25) is 0 Å². The Morgan fingerprint density at radius 2 is 2.06 bits per heavy atom. The van der Waals surface area contributed by atoms with Crippen LogP contribution in [0.4, 0.5) is 8.78 Å². The molecule has 2 N–H and O–H groups in total. The first-order chi connectivity index (χ1) is 7.88. The van der Waals surface area contributed by atoms with E-state index in [0.717, 1.165) is 13.1 Å². The Kier molecular flexibility index (Phi) is 4.96. The molecule has 17 heavy (non-hydrogen) atoms. The Bertz CT molecular complexity index is 351. The summed E-state index contributed by atoms with van der Waals surface area (Å²) in [5.74, 6) is -0.687. The average Bonchev–Trinajstić information content (AvgIpc) is 2.74. The summed E-state index contributed by atoms with van der Waals surface area (Å²) in [6, 6.07) is -0.540. The van der Waals surface area contributed by atoms with Crippen molar-refractivity contribution in [3.8, 4) is 0 Å². The van der Waals surface area contributed by atoms with Crippen LogP contribution in [0.15, 0.2) is 4.52 Å². The van der Waals surface area contributed by atoms with Gasteiger partial charge in [0.15, 0.2) is 5.82 Å². The molecule has 1 aromatic heterocycles. The number of likely N-dealkylation sites (N-methyl/N-ethyl adjacent to an activating group) is 1. The molecule has 0 radical (unpaired) electrons. The minimum Gasteiger partial charge on any atom is -0.331 e. The van der Waals surface area contributed by atoms with Crippen LogP contribution < -0.4 is 5.73 Å². The number of halogens is 3. The number of nitrogens with zero attached hydrogens (tertiary/aromatic N) is 3. The predicted molar refractivity (Wildman–Crippen MR) is 61.8 cm³/mol. The van der Waals surface area contributed by atoms with E-state index in [0.29, 0.717) is 6.54 Å². The highest BCUT2D eigenvalue weighted by Gasteiger charge is 2.35. The fourth-order valence-corrected chi connectivity index (χ4v) is 1.50. The lowest BCUT2D eigenvalue weighted by Gasteiger charge is -2.20. The Morgan fingerprint density at radius 1 is 1.47 bits per heavy atom. The van der Waals surface area contributed by atoms with Crippen molar-refractivity contribution in [2.24, 2.45) is 5.73 Å². The molecule has 0 aliphatic heterocycles. The van der Waals surface area contributed by atoms with E-state index >= 15 is 0 Å². The summed E-state index contributed by atoms with van der Waals surface area (Å²) in [4.78, 5) is 2.31. The van der Waals surface area contributed by atoms with Crippen molar-refractivity contribution in [1.82, 2.24) is 15.0 Å². The molecule has 1 heterocycles. The summed E-state index contributed by atoms with van der Waals surface area (Å²) in [6.45, 7) is 6.13. The number of nitrogens with two attached hydrogens (primary N) is 1. The molecule has 0 spiro atoms. The predicted octanol–water partition coefficient (Wildman–Crippen LogP) is 1.86. The molecule has 98 valence electrons. The minimum atomic E-state index is -3.31. The zero-order chi connectivity index (χ0) is 13.1. The third-order valence-electron chi connectivity index (χ3n) is 2.37. The van der Waals surface area contributed by atoms with Crippen LogP contribution in [0.2, 0.25) is 0 Å². The quantitative estimate of drug-likeness (QED) is 0.812. The first kappa shape index (κ1) is 14.5. The van der Waals surface area contributed by atoms with Gasteiger partial charge in [-0.05, 0) is 13.1 Å². The smallest absolute Gasteiger partial charge is 0.331 e. The molecule has 1 unspecified atom stereocenters. The van der Waals surface area contributed by atoms with E-state index < -0.39 is 16.8 Å². The van der Waals surface area contributed by atoms with Crippen LogP contribution in [0.5, 0.6) is 0 Å². The molecular weight excluding hydrogens is 298 g/mol. The summed E-state index contributed by atoms with van der Waals surface area (Å²) < 4.78 is 30.0. The zero-order valence-electron chi connectivity index (χ0n) is 9.66. The van der Waals surface area contributed by atoms with E-state index in [1.807, 2.05) is 18.7 Å². The van der Waals surface area contributed by atoms with Crippen LogP contribution >= 0.6 is 15.9 Å². The van der Waals surface area contributed by atoms with Crippen LogP contribution in [-0.2, 0) is 4.83 Å². The van der Waals surface area contributed by atoms with Gasteiger partial charge in [-0.25, -0.2) is 0 Å². The maximum Gasteiger partial charge on any atom is 0.378 e. The Balaban J connectivity index is 2.70. The molecule has 0 amide bonds. The third-order valence-corrected chi connectivity index (χ3v) is 2.70. The lowest BCUT2D eigenvalue weighted by atomic mass is 10.2. The van der Waals surface area contributed by atoms with Crippen molar-refractivity contribution in [2.75, 3.05) is 19.6 Å². The lowest BCUT2D eigenvalue weighted by Crippen LogP contribution is -2.32. The zero-order valence-corrected chi connectivity index (χ0v) is 11.2. The van der Waals surface area contributed by atoms with Gasteiger partial charge >= 0.3 is 10.7 Å². The standard InChI is InChI=1S/C9H15BrF2N4O/c1-3-16(4-2)5-6(13)7-14-8(17-15-7)9(10,11)12/h6H,3-5,13H2,1-2H3. The molecule has 0 saturated heterocycles. The fraction of sp³-hybridized carbons (Fsp3) is 0.778. The van der Waals surface area contributed by atoms with Crippen molar-refractivity contribution in [2.45, 2.75) is 24.7 Å². The highest BCUT2D eigenvalue weighted by atomic mass is 79.9. The van der Waals surface area contributed by atoms with Crippen molar-refractivity contribution in [3.05, 3.63) is 11.7 Å². The second-order valence-corrected chi connectivity index (χ2v) is 4.54. The highest BCUT2D eigenvalue weighted by Crippen LogP contribution is 2.33.